The predicted octanol–water partition coefficient (Wildman–Crippen LogP) is 0.958. The Hall–Kier alpha value is 0.870. The van der Waals surface area contributed by atoms with Gasteiger partial charge in [0.15, 0.2) is 9.84 Å². The Labute approximate surface area is 89.0 Å². The Morgan fingerprint density at radius 1 is 1.42 bits per heavy atom. The largest absolute Gasteiger partial charge is 0.375 e. The van der Waals surface area contributed by atoms with Crippen molar-refractivity contribution in [3.8, 4) is 0 Å². The molecule has 0 unspecified atom stereocenters. The molecule has 1 fully saturated rings. The summed E-state index contributed by atoms with van der Waals surface area (Å²) >= 11 is 6.51. The first-order chi connectivity index (χ1) is 5.55. The molecule has 12 heavy (non-hydrogen) atoms. The fourth-order valence-electron chi connectivity index (χ4n) is 1.12. The first-order valence-electron chi connectivity index (χ1n) is 3.57. The number of hydrogen-bond donors (Lipinski definition) is 0. The Morgan fingerprint density at radius 2 is 2.08 bits per heavy atom. The van der Waals surface area contributed by atoms with Crippen LogP contribution in [0.4, 0.5) is 0 Å². The zero-order chi connectivity index (χ0) is 9.19. The van der Waals surface area contributed by atoms with Crippen LogP contribution in [-0.2, 0) is 14.6 Å². The number of halogens is 2. The average molecular weight is 322 g/mol. The van der Waals surface area contributed by atoms with E-state index in [9.17, 15) is 8.42 Å². The topological polar surface area (TPSA) is 43.4 Å². The molecule has 0 spiro atoms. The number of rotatable bonds is 3. The first-order valence-corrected chi connectivity index (χ1v) is 7.43. The van der Waals surface area contributed by atoms with E-state index in [0.29, 0.717) is 6.61 Å². The lowest BCUT2D eigenvalue weighted by Crippen LogP contribution is -2.23. The van der Waals surface area contributed by atoms with Crippen molar-refractivity contribution in [2.75, 3.05) is 23.4 Å². The highest BCUT2D eigenvalue weighted by atomic mass is 79.9. The second kappa shape index (κ2) is 4.39. The summed E-state index contributed by atoms with van der Waals surface area (Å²) in [6, 6.07) is 0. The van der Waals surface area contributed by atoms with Gasteiger partial charge in [-0.25, -0.2) is 8.42 Å². The highest BCUT2D eigenvalue weighted by Gasteiger charge is 2.36. The van der Waals surface area contributed by atoms with Gasteiger partial charge in [-0.2, -0.15) is 0 Å². The Balaban J connectivity index is 2.47. The van der Waals surface area contributed by atoms with Gasteiger partial charge in [0.1, 0.15) is 0 Å². The smallest absolute Gasteiger partial charge is 0.154 e. The maximum atomic E-state index is 11.1. The van der Waals surface area contributed by atoms with Gasteiger partial charge in [0.05, 0.1) is 29.0 Å². The maximum Gasteiger partial charge on any atom is 0.154 e. The van der Waals surface area contributed by atoms with Crippen LogP contribution < -0.4 is 0 Å². The van der Waals surface area contributed by atoms with Crippen LogP contribution in [0.25, 0.3) is 0 Å². The quantitative estimate of drug-likeness (QED) is 0.727. The molecule has 72 valence electrons. The minimum absolute atomic E-state index is 0.0402. The molecule has 0 N–H and O–H groups in total. The summed E-state index contributed by atoms with van der Waals surface area (Å²) in [5.41, 5.74) is 0. The average Bonchev–Trinajstić information content (AvgIpc) is 2.20. The maximum absolute atomic E-state index is 11.1. The molecule has 0 aliphatic carbocycles. The Kier molecular flexibility index (Phi) is 4.01. The first kappa shape index (κ1) is 10.9. The summed E-state index contributed by atoms with van der Waals surface area (Å²) in [6.45, 7) is 0.558. The summed E-state index contributed by atoms with van der Waals surface area (Å²) in [4.78, 5) is -0.0402. The molecule has 2 atom stereocenters. The van der Waals surface area contributed by atoms with Crippen molar-refractivity contribution < 1.29 is 13.2 Å². The molecule has 0 aromatic heterocycles. The normalized spacial score (nSPS) is 33.8. The van der Waals surface area contributed by atoms with E-state index in [4.69, 9.17) is 4.74 Å². The fraction of sp³-hybridized carbons (Fsp3) is 1.00. The summed E-state index contributed by atoms with van der Waals surface area (Å²) < 4.78 is 27.5. The molecule has 0 amide bonds. The van der Waals surface area contributed by atoms with E-state index in [0.717, 1.165) is 5.33 Å². The Morgan fingerprint density at radius 3 is 2.50 bits per heavy atom. The summed E-state index contributed by atoms with van der Waals surface area (Å²) in [5.74, 6) is 0.343. The molecule has 3 nitrogen and oxygen atoms in total. The van der Waals surface area contributed by atoms with Crippen LogP contribution in [0.15, 0.2) is 0 Å². The van der Waals surface area contributed by atoms with Crippen LogP contribution in [0.1, 0.15) is 0 Å². The molecule has 1 saturated heterocycles. The van der Waals surface area contributed by atoms with Crippen LogP contribution in [0.2, 0.25) is 0 Å². The van der Waals surface area contributed by atoms with E-state index < -0.39 is 9.84 Å². The SMILES string of the molecule is O=S1(=O)C[C@@H](Br)[C@H](OCCBr)C1. The van der Waals surface area contributed by atoms with E-state index in [1.165, 1.54) is 0 Å². The van der Waals surface area contributed by atoms with Gasteiger partial charge in [0, 0.05) is 5.33 Å². The second-order valence-electron chi connectivity index (χ2n) is 2.69. The standard InChI is InChI=1S/C6H10Br2O3S/c7-1-2-11-6-4-12(9,10)3-5(6)8/h5-6H,1-4H2/t5-,6-/m1/s1. The fourth-order valence-corrected chi connectivity index (χ4v) is 4.77. The molecule has 0 aromatic rings. The van der Waals surface area contributed by atoms with Crippen LogP contribution >= 0.6 is 31.9 Å². The van der Waals surface area contributed by atoms with E-state index in [1.54, 1.807) is 0 Å². The van der Waals surface area contributed by atoms with Crippen LogP contribution in [-0.4, -0.2) is 42.8 Å². The molecule has 0 aromatic carbocycles. The zero-order valence-electron chi connectivity index (χ0n) is 6.37. The van der Waals surface area contributed by atoms with Crippen LogP contribution in [0, 0.1) is 0 Å². The van der Waals surface area contributed by atoms with Gasteiger partial charge in [0.2, 0.25) is 0 Å². The predicted molar refractivity (Wildman–Crippen MR) is 54.9 cm³/mol. The molecule has 1 aliphatic rings. The minimum atomic E-state index is -2.86. The third-order valence-corrected chi connectivity index (χ3v) is 5.01. The van der Waals surface area contributed by atoms with Gasteiger partial charge < -0.3 is 4.74 Å². The molecule has 1 aliphatic heterocycles. The van der Waals surface area contributed by atoms with Crippen molar-refractivity contribution in [3.63, 3.8) is 0 Å². The lowest BCUT2D eigenvalue weighted by molar-refractivity contribution is 0.0889. The summed E-state index contributed by atoms with van der Waals surface area (Å²) in [6.07, 6.45) is -0.174. The molecular weight excluding hydrogens is 312 g/mol. The molecule has 0 radical (unpaired) electrons. The zero-order valence-corrected chi connectivity index (χ0v) is 10.4. The third kappa shape index (κ3) is 2.97. The van der Waals surface area contributed by atoms with Crippen molar-refractivity contribution in [1.82, 2.24) is 0 Å². The Bertz CT molecular complexity index is 239. The summed E-state index contributed by atoms with van der Waals surface area (Å²) in [5, 5.41) is 0.739. The van der Waals surface area contributed by atoms with Gasteiger partial charge >= 0.3 is 0 Å². The third-order valence-electron chi connectivity index (χ3n) is 1.64. The number of sulfone groups is 1. The van der Waals surface area contributed by atoms with E-state index in [1.807, 2.05) is 0 Å². The minimum Gasteiger partial charge on any atom is -0.375 e. The van der Waals surface area contributed by atoms with Crippen molar-refractivity contribution in [3.05, 3.63) is 0 Å². The molecule has 1 heterocycles. The monoisotopic (exact) mass is 320 g/mol. The van der Waals surface area contributed by atoms with Crippen molar-refractivity contribution >= 4 is 41.7 Å². The molecule has 1 rings (SSSR count). The lowest BCUT2D eigenvalue weighted by atomic mass is 10.3. The highest BCUT2D eigenvalue weighted by Crippen LogP contribution is 2.22. The molecule has 6 heteroatoms. The summed E-state index contributed by atoms with van der Waals surface area (Å²) in [7, 11) is -2.86. The van der Waals surface area contributed by atoms with Crippen molar-refractivity contribution in [2.45, 2.75) is 10.9 Å². The highest BCUT2D eigenvalue weighted by molar-refractivity contribution is 9.09. The van der Waals surface area contributed by atoms with Gasteiger partial charge in [-0.15, -0.1) is 0 Å². The van der Waals surface area contributed by atoms with Crippen LogP contribution in [0.3, 0.4) is 0 Å². The van der Waals surface area contributed by atoms with E-state index in [2.05, 4.69) is 31.9 Å². The van der Waals surface area contributed by atoms with Gasteiger partial charge in [0.25, 0.3) is 0 Å². The molecule has 0 bridgehead atoms. The number of hydrogen-bond acceptors (Lipinski definition) is 3. The van der Waals surface area contributed by atoms with Gasteiger partial charge in [-0.3, -0.25) is 0 Å². The van der Waals surface area contributed by atoms with Crippen LogP contribution in [0.5, 0.6) is 0 Å². The van der Waals surface area contributed by atoms with E-state index in [-0.39, 0.29) is 22.4 Å². The number of alkyl halides is 2. The molecular formula is C6H10Br2O3S. The van der Waals surface area contributed by atoms with Gasteiger partial charge in [-0.05, 0) is 0 Å². The van der Waals surface area contributed by atoms with Crippen molar-refractivity contribution in [1.29, 1.82) is 0 Å². The molecule has 0 saturated carbocycles. The van der Waals surface area contributed by atoms with Crippen molar-refractivity contribution in [2.24, 2.45) is 0 Å². The lowest BCUT2D eigenvalue weighted by Gasteiger charge is -2.11. The number of ether oxygens (including phenoxy) is 1. The second-order valence-corrected chi connectivity index (χ2v) is 6.81. The van der Waals surface area contributed by atoms with E-state index >= 15 is 0 Å². The van der Waals surface area contributed by atoms with Gasteiger partial charge in [-0.1, -0.05) is 31.9 Å².